The molecular formula is C27H22N4O. The van der Waals surface area contributed by atoms with Crippen molar-refractivity contribution in [3.05, 3.63) is 89.6 Å². The topological polar surface area (TPSA) is 52.3 Å². The first-order chi connectivity index (χ1) is 15.7. The van der Waals surface area contributed by atoms with E-state index in [0.29, 0.717) is 5.82 Å². The van der Waals surface area contributed by atoms with Gasteiger partial charge in [-0.05, 0) is 55.2 Å². The van der Waals surface area contributed by atoms with Gasteiger partial charge in [0.2, 0.25) is 0 Å². The van der Waals surface area contributed by atoms with Crippen LogP contribution in [0.1, 0.15) is 16.8 Å². The van der Waals surface area contributed by atoms with Gasteiger partial charge in [-0.3, -0.25) is 0 Å². The van der Waals surface area contributed by atoms with Gasteiger partial charge in [0, 0.05) is 16.7 Å². The highest BCUT2D eigenvalue weighted by molar-refractivity contribution is 5.85. The molecule has 6 rings (SSSR count). The third-order valence-corrected chi connectivity index (χ3v) is 6.10. The maximum Gasteiger partial charge on any atom is 0.182 e. The summed E-state index contributed by atoms with van der Waals surface area (Å²) in [6.45, 7) is 2.14. The Labute approximate surface area is 186 Å². The standard InChI is InChI=1S/C27H22N4O/c1-17-8-14-22-20(16-17)11-15-23-24(22)27-29-25(18-9-12-21(32-2)13-10-18)30-31(27)26(28-23)19-6-4-3-5-7-19/h3-10,12-14,16H,11,15H2,1-2H3. The van der Waals surface area contributed by atoms with Crippen LogP contribution < -0.4 is 4.74 Å². The van der Waals surface area contributed by atoms with E-state index < -0.39 is 0 Å². The molecule has 5 aromatic rings. The summed E-state index contributed by atoms with van der Waals surface area (Å²) < 4.78 is 7.21. The molecule has 5 heteroatoms. The molecule has 0 saturated heterocycles. The van der Waals surface area contributed by atoms with Gasteiger partial charge in [0.05, 0.1) is 12.8 Å². The van der Waals surface area contributed by atoms with Gasteiger partial charge in [0.15, 0.2) is 17.3 Å². The van der Waals surface area contributed by atoms with Gasteiger partial charge in [0.1, 0.15) is 5.75 Å². The molecule has 0 radical (unpaired) electrons. The van der Waals surface area contributed by atoms with Crippen molar-refractivity contribution >= 4 is 5.65 Å². The van der Waals surface area contributed by atoms with Crippen LogP contribution in [0.25, 0.3) is 39.5 Å². The van der Waals surface area contributed by atoms with E-state index in [2.05, 4.69) is 37.3 Å². The molecule has 0 aliphatic heterocycles. The van der Waals surface area contributed by atoms with Crippen molar-refractivity contribution in [2.75, 3.05) is 7.11 Å². The van der Waals surface area contributed by atoms with Gasteiger partial charge in [-0.15, -0.1) is 5.10 Å². The molecule has 0 amide bonds. The average molecular weight is 419 g/mol. The summed E-state index contributed by atoms with van der Waals surface area (Å²) in [6.07, 6.45) is 1.88. The molecule has 1 aliphatic carbocycles. The molecule has 5 nitrogen and oxygen atoms in total. The Morgan fingerprint density at radius 2 is 1.66 bits per heavy atom. The number of ether oxygens (including phenoxy) is 1. The molecule has 32 heavy (non-hydrogen) atoms. The fourth-order valence-corrected chi connectivity index (χ4v) is 4.50. The highest BCUT2D eigenvalue weighted by Gasteiger charge is 2.25. The van der Waals surface area contributed by atoms with Crippen molar-refractivity contribution in [2.45, 2.75) is 19.8 Å². The predicted octanol–water partition coefficient (Wildman–Crippen LogP) is 5.54. The van der Waals surface area contributed by atoms with Gasteiger partial charge in [-0.1, -0.05) is 54.1 Å². The minimum absolute atomic E-state index is 0.680. The van der Waals surface area contributed by atoms with Crippen molar-refractivity contribution in [3.8, 4) is 39.7 Å². The van der Waals surface area contributed by atoms with Crippen molar-refractivity contribution in [1.82, 2.24) is 19.6 Å². The second-order valence-corrected chi connectivity index (χ2v) is 8.18. The third kappa shape index (κ3) is 2.97. The van der Waals surface area contributed by atoms with Crippen LogP contribution in [-0.2, 0) is 12.8 Å². The van der Waals surface area contributed by atoms with Crippen LogP contribution in [0.5, 0.6) is 5.75 Å². The Bertz CT molecular complexity index is 1450. The van der Waals surface area contributed by atoms with Crippen LogP contribution in [0.2, 0.25) is 0 Å². The van der Waals surface area contributed by atoms with Gasteiger partial charge >= 0.3 is 0 Å². The fraction of sp³-hybridized carbons (Fsp3) is 0.148. The number of hydrogen-bond donors (Lipinski definition) is 0. The maximum atomic E-state index is 5.31. The predicted molar refractivity (Wildman–Crippen MR) is 126 cm³/mol. The van der Waals surface area contributed by atoms with Crippen LogP contribution in [0.3, 0.4) is 0 Å². The van der Waals surface area contributed by atoms with E-state index in [0.717, 1.165) is 52.4 Å². The summed E-state index contributed by atoms with van der Waals surface area (Å²) >= 11 is 0. The largest absolute Gasteiger partial charge is 0.497 e. The Morgan fingerprint density at radius 3 is 2.44 bits per heavy atom. The first-order valence-corrected chi connectivity index (χ1v) is 10.8. The zero-order valence-electron chi connectivity index (χ0n) is 18.0. The quantitative estimate of drug-likeness (QED) is 0.386. The van der Waals surface area contributed by atoms with Crippen molar-refractivity contribution in [2.24, 2.45) is 0 Å². The third-order valence-electron chi connectivity index (χ3n) is 6.10. The number of nitrogens with zero attached hydrogens (tertiary/aromatic N) is 4. The van der Waals surface area contributed by atoms with E-state index in [1.807, 2.05) is 47.0 Å². The molecule has 1 aliphatic rings. The molecule has 156 valence electrons. The smallest absolute Gasteiger partial charge is 0.182 e. The van der Waals surface area contributed by atoms with Crippen LogP contribution in [0.15, 0.2) is 72.8 Å². The van der Waals surface area contributed by atoms with Gasteiger partial charge < -0.3 is 4.74 Å². The second kappa shape index (κ2) is 7.31. The number of methoxy groups -OCH3 is 1. The van der Waals surface area contributed by atoms with E-state index in [9.17, 15) is 0 Å². The first kappa shape index (κ1) is 18.8. The normalized spacial score (nSPS) is 12.4. The summed E-state index contributed by atoms with van der Waals surface area (Å²) in [5, 5.41) is 4.92. The Balaban J connectivity index is 1.64. The molecule has 0 unspecified atom stereocenters. The molecule has 3 aromatic carbocycles. The van der Waals surface area contributed by atoms with Gasteiger partial charge in [-0.2, -0.15) is 4.52 Å². The van der Waals surface area contributed by atoms with Gasteiger partial charge in [-0.25, -0.2) is 9.97 Å². The molecule has 0 spiro atoms. The molecule has 0 N–H and O–H groups in total. The Morgan fingerprint density at radius 1 is 0.844 bits per heavy atom. The first-order valence-electron chi connectivity index (χ1n) is 10.8. The average Bonchev–Trinajstić information content (AvgIpc) is 3.29. The second-order valence-electron chi connectivity index (χ2n) is 8.18. The minimum atomic E-state index is 0.680. The van der Waals surface area contributed by atoms with Crippen molar-refractivity contribution in [3.63, 3.8) is 0 Å². The molecule has 2 aromatic heterocycles. The van der Waals surface area contributed by atoms with Crippen LogP contribution in [0.4, 0.5) is 0 Å². The molecule has 0 fully saturated rings. The highest BCUT2D eigenvalue weighted by Crippen LogP contribution is 2.38. The zero-order valence-corrected chi connectivity index (χ0v) is 18.0. The number of rotatable bonds is 3. The molecule has 0 bridgehead atoms. The summed E-state index contributed by atoms with van der Waals surface area (Å²) in [7, 11) is 1.67. The maximum absolute atomic E-state index is 5.31. The van der Waals surface area contributed by atoms with E-state index in [1.54, 1.807) is 7.11 Å². The minimum Gasteiger partial charge on any atom is -0.497 e. The zero-order chi connectivity index (χ0) is 21.7. The Hall–Kier alpha value is -3.99. The van der Waals surface area contributed by atoms with Crippen LogP contribution in [-0.4, -0.2) is 26.7 Å². The number of hydrogen-bond acceptors (Lipinski definition) is 4. The molecule has 0 atom stereocenters. The summed E-state index contributed by atoms with van der Waals surface area (Å²) in [5.41, 5.74) is 8.84. The van der Waals surface area contributed by atoms with E-state index >= 15 is 0 Å². The summed E-state index contributed by atoms with van der Waals surface area (Å²) in [4.78, 5) is 10.1. The highest BCUT2D eigenvalue weighted by atomic mass is 16.5. The lowest BCUT2D eigenvalue weighted by molar-refractivity contribution is 0.415. The van der Waals surface area contributed by atoms with E-state index in [1.165, 1.54) is 16.7 Å². The van der Waals surface area contributed by atoms with Gasteiger partial charge in [0.25, 0.3) is 0 Å². The lowest BCUT2D eigenvalue weighted by Gasteiger charge is -2.21. The fourth-order valence-electron chi connectivity index (χ4n) is 4.50. The van der Waals surface area contributed by atoms with Crippen LogP contribution in [0, 0.1) is 6.92 Å². The number of benzene rings is 3. The van der Waals surface area contributed by atoms with E-state index in [-0.39, 0.29) is 0 Å². The summed E-state index contributed by atoms with van der Waals surface area (Å²) in [6, 6.07) is 24.7. The number of aryl methyl sites for hydroxylation is 3. The number of aromatic nitrogens is 4. The Kier molecular flexibility index (Phi) is 4.28. The number of fused-ring (bicyclic) bond motifs is 5. The van der Waals surface area contributed by atoms with Crippen molar-refractivity contribution < 1.29 is 4.74 Å². The molecule has 2 heterocycles. The SMILES string of the molecule is COc1ccc(-c2nc3c4c(nc(-c5ccccc5)n3n2)CCc2cc(C)ccc2-4)cc1. The van der Waals surface area contributed by atoms with Crippen molar-refractivity contribution in [1.29, 1.82) is 0 Å². The molecular weight excluding hydrogens is 396 g/mol. The summed E-state index contributed by atoms with van der Waals surface area (Å²) in [5.74, 6) is 2.31. The van der Waals surface area contributed by atoms with Crippen LogP contribution >= 0.6 is 0 Å². The lowest BCUT2D eigenvalue weighted by Crippen LogP contribution is -2.11. The lowest BCUT2D eigenvalue weighted by atomic mass is 9.88. The molecule has 0 saturated carbocycles. The monoisotopic (exact) mass is 418 g/mol. The van der Waals surface area contributed by atoms with E-state index in [4.69, 9.17) is 19.8 Å².